The molecule has 0 saturated carbocycles. The Kier molecular flexibility index (Phi) is 5.49. The minimum atomic E-state index is -0.219. The van der Waals surface area contributed by atoms with Crippen LogP contribution in [0.15, 0.2) is 29.4 Å². The second-order valence-corrected chi connectivity index (χ2v) is 5.65. The van der Waals surface area contributed by atoms with Gasteiger partial charge in [0.2, 0.25) is 5.16 Å². The van der Waals surface area contributed by atoms with Crippen molar-refractivity contribution in [3.05, 3.63) is 35.6 Å². The Bertz CT molecular complexity index is 543. The number of nitrogens with one attached hydrogen (secondary N) is 1. The predicted octanol–water partition coefficient (Wildman–Crippen LogP) is 2.10. The molecule has 2 rings (SSSR count). The maximum atomic E-state index is 13.1. The van der Waals surface area contributed by atoms with Crippen molar-refractivity contribution < 1.29 is 4.39 Å². The van der Waals surface area contributed by atoms with E-state index in [0.717, 1.165) is 23.8 Å². The quantitative estimate of drug-likeness (QED) is 0.793. The van der Waals surface area contributed by atoms with E-state index in [2.05, 4.69) is 34.7 Å². The summed E-state index contributed by atoms with van der Waals surface area (Å²) in [6, 6.07) is 7.01. The van der Waals surface area contributed by atoms with Crippen LogP contribution < -0.4 is 5.32 Å². The highest BCUT2D eigenvalue weighted by molar-refractivity contribution is 7.98. The normalized spacial score (nSPS) is 11.2. The molecule has 0 radical (unpaired) electrons. The van der Waals surface area contributed by atoms with Gasteiger partial charge < -0.3 is 5.32 Å². The monoisotopic (exact) mass is 295 g/mol. The highest BCUT2D eigenvalue weighted by atomic mass is 32.2. The van der Waals surface area contributed by atoms with Gasteiger partial charge in [0.1, 0.15) is 5.82 Å². The number of thioether (sulfide) groups is 1. The van der Waals surface area contributed by atoms with E-state index in [0.29, 0.717) is 11.8 Å². The Morgan fingerprint density at radius 3 is 3.00 bits per heavy atom. The molecular formula is C13H18FN5S. The van der Waals surface area contributed by atoms with Crippen LogP contribution in [0, 0.1) is 5.82 Å². The smallest absolute Gasteiger partial charge is 0.209 e. The lowest BCUT2D eigenvalue weighted by molar-refractivity contribution is 0.485. The van der Waals surface area contributed by atoms with E-state index < -0.39 is 0 Å². The number of tetrazole rings is 1. The van der Waals surface area contributed by atoms with Gasteiger partial charge in [-0.1, -0.05) is 37.7 Å². The average Bonchev–Trinajstić information content (AvgIpc) is 2.84. The van der Waals surface area contributed by atoms with Crippen molar-refractivity contribution in [2.75, 3.05) is 6.54 Å². The standard InChI is InChI=1S/C13H18FN5S/c1-10(2)15-6-7-19-13(16-17-18-19)20-9-11-4-3-5-12(14)8-11/h3-5,8,10,15H,6-7,9H2,1-2H3. The zero-order chi connectivity index (χ0) is 14.4. The number of nitrogens with zero attached hydrogens (tertiary/aromatic N) is 4. The topological polar surface area (TPSA) is 55.6 Å². The van der Waals surface area contributed by atoms with Crippen LogP contribution in [-0.4, -0.2) is 32.8 Å². The van der Waals surface area contributed by atoms with Crippen LogP contribution in [-0.2, 0) is 12.3 Å². The molecule has 0 bridgehead atoms. The molecule has 0 spiro atoms. The summed E-state index contributed by atoms with van der Waals surface area (Å²) in [5.41, 5.74) is 0.921. The first-order valence-electron chi connectivity index (χ1n) is 6.52. The summed E-state index contributed by atoms with van der Waals surface area (Å²) in [4.78, 5) is 0. The molecule has 1 aromatic heterocycles. The molecular weight excluding hydrogens is 277 g/mol. The van der Waals surface area contributed by atoms with Gasteiger partial charge in [0.25, 0.3) is 0 Å². The van der Waals surface area contributed by atoms with Gasteiger partial charge in [0.15, 0.2) is 0 Å². The minimum absolute atomic E-state index is 0.219. The van der Waals surface area contributed by atoms with Crippen molar-refractivity contribution >= 4 is 11.8 Å². The number of hydrogen-bond donors (Lipinski definition) is 1. The van der Waals surface area contributed by atoms with Crippen molar-refractivity contribution in [2.45, 2.75) is 37.3 Å². The molecule has 0 aliphatic carbocycles. The Morgan fingerprint density at radius 1 is 1.40 bits per heavy atom. The molecule has 1 N–H and O–H groups in total. The lowest BCUT2D eigenvalue weighted by atomic mass is 10.2. The Hall–Kier alpha value is -1.47. The molecule has 2 aromatic rings. The molecule has 0 amide bonds. The van der Waals surface area contributed by atoms with Crippen LogP contribution in [0.2, 0.25) is 0 Å². The van der Waals surface area contributed by atoms with Gasteiger partial charge in [0.05, 0.1) is 6.54 Å². The fraction of sp³-hybridized carbons (Fsp3) is 0.462. The third-order valence-corrected chi connectivity index (χ3v) is 3.66. The van der Waals surface area contributed by atoms with Gasteiger partial charge in [-0.15, -0.1) is 5.10 Å². The number of benzene rings is 1. The van der Waals surface area contributed by atoms with Crippen LogP contribution in [0.1, 0.15) is 19.4 Å². The highest BCUT2D eigenvalue weighted by Crippen LogP contribution is 2.20. The third kappa shape index (κ3) is 4.57. The van der Waals surface area contributed by atoms with Gasteiger partial charge in [-0.3, -0.25) is 0 Å². The molecule has 0 saturated heterocycles. The lowest BCUT2D eigenvalue weighted by Crippen LogP contribution is -2.27. The third-order valence-electron chi connectivity index (χ3n) is 2.63. The maximum absolute atomic E-state index is 13.1. The maximum Gasteiger partial charge on any atom is 0.209 e. The zero-order valence-electron chi connectivity index (χ0n) is 11.6. The Balaban J connectivity index is 1.88. The van der Waals surface area contributed by atoms with Crippen LogP contribution in [0.4, 0.5) is 4.39 Å². The van der Waals surface area contributed by atoms with Crippen molar-refractivity contribution in [1.82, 2.24) is 25.5 Å². The van der Waals surface area contributed by atoms with E-state index in [4.69, 9.17) is 0 Å². The zero-order valence-corrected chi connectivity index (χ0v) is 12.4. The van der Waals surface area contributed by atoms with Crippen LogP contribution in [0.25, 0.3) is 0 Å². The first-order chi connectivity index (χ1) is 9.65. The molecule has 1 aromatic carbocycles. The van der Waals surface area contributed by atoms with Crippen LogP contribution in [0.5, 0.6) is 0 Å². The average molecular weight is 295 g/mol. The summed E-state index contributed by atoms with van der Waals surface area (Å²) in [5, 5.41) is 15.7. The van der Waals surface area contributed by atoms with E-state index in [1.54, 1.807) is 10.7 Å². The van der Waals surface area contributed by atoms with E-state index in [-0.39, 0.29) is 5.82 Å². The predicted molar refractivity (Wildman–Crippen MR) is 76.9 cm³/mol. The van der Waals surface area contributed by atoms with E-state index in [9.17, 15) is 4.39 Å². The molecule has 108 valence electrons. The second kappa shape index (κ2) is 7.35. The first-order valence-corrected chi connectivity index (χ1v) is 7.50. The SMILES string of the molecule is CC(C)NCCn1nnnc1SCc1cccc(F)c1. The van der Waals surface area contributed by atoms with E-state index >= 15 is 0 Å². The second-order valence-electron chi connectivity index (χ2n) is 4.71. The summed E-state index contributed by atoms with van der Waals surface area (Å²) in [5.74, 6) is 0.430. The van der Waals surface area contributed by atoms with E-state index in [1.165, 1.54) is 23.9 Å². The molecule has 20 heavy (non-hydrogen) atoms. The minimum Gasteiger partial charge on any atom is -0.313 e. The van der Waals surface area contributed by atoms with Crippen molar-refractivity contribution in [2.24, 2.45) is 0 Å². The van der Waals surface area contributed by atoms with Crippen molar-refractivity contribution in [3.8, 4) is 0 Å². The summed E-state index contributed by atoms with van der Waals surface area (Å²) >= 11 is 1.51. The van der Waals surface area contributed by atoms with Gasteiger partial charge in [-0.05, 0) is 28.1 Å². The summed E-state index contributed by atoms with van der Waals surface area (Å²) in [6.07, 6.45) is 0. The molecule has 7 heteroatoms. The molecule has 0 unspecified atom stereocenters. The number of rotatable bonds is 7. The van der Waals surface area contributed by atoms with Gasteiger partial charge in [-0.2, -0.15) is 0 Å². The fourth-order valence-corrected chi connectivity index (χ4v) is 2.52. The van der Waals surface area contributed by atoms with Gasteiger partial charge in [0, 0.05) is 18.3 Å². The fourth-order valence-electron chi connectivity index (χ4n) is 1.67. The molecule has 0 fully saturated rings. The summed E-state index contributed by atoms with van der Waals surface area (Å²) in [7, 11) is 0. The first kappa shape index (κ1) is 14.9. The van der Waals surface area contributed by atoms with Crippen molar-refractivity contribution in [1.29, 1.82) is 0 Å². The number of halogens is 1. The number of hydrogen-bond acceptors (Lipinski definition) is 5. The van der Waals surface area contributed by atoms with Crippen LogP contribution in [0.3, 0.4) is 0 Å². The van der Waals surface area contributed by atoms with E-state index in [1.807, 2.05) is 6.07 Å². The molecule has 1 heterocycles. The lowest BCUT2D eigenvalue weighted by Gasteiger charge is -2.08. The Labute approximate surface area is 122 Å². The summed E-state index contributed by atoms with van der Waals surface area (Å²) < 4.78 is 14.9. The molecule has 0 aliphatic heterocycles. The number of aromatic nitrogens is 4. The largest absolute Gasteiger partial charge is 0.313 e. The highest BCUT2D eigenvalue weighted by Gasteiger charge is 2.07. The molecule has 5 nitrogen and oxygen atoms in total. The van der Waals surface area contributed by atoms with Gasteiger partial charge >= 0.3 is 0 Å². The molecule has 0 atom stereocenters. The summed E-state index contributed by atoms with van der Waals surface area (Å²) in [6.45, 7) is 5.73. The van der Waals surface area contributed by atoms with Crippen LogP contribution >= 0.6 is 11.8 Å². The molecule has 0 aliphatic rings. The van der Waals surface area contributed by atoms with Gasteiger partial charge in [-0.25, -0.2) is 9.07 Å². The van der Waals surface area contributed by atoms with Crippen molar-refractivity contribution in [3.63, 3.8) is 0 Å². The Morgan fingerprint density at radius 2 is 2.25 bits per heavy atom.